The van der Waals surface area contributed by atoms with Crippen LogP contribution in [0.15, 0.2) is 18.2 Å². The van der Waals surface area contributed by atoms with E-state index in [2.05, 4.69) is 5.32 Å². The number of ether oxygens (including phenoxy) is 1. The number of methoxy groups -OCH3 is 1. The van der Waals surface area contributed by atoms with Gasteiger partial charge in [-0.25, -0.2) is 4.39 Å². The fourth-order valence-electron chi connectivity index (χ4n) is 1.05. The summed E-state index contributed by atoms with van der Waals surface area (Å²) in [5.41, 5.74) is 0.600. The molecule has 3 nitrogen and oxygen atoms in total. The first-order chi connectivity index (χ1) is 6.61. The Bertz CT molecular complexity index is 302. The average molecular weight is 199 g/mol. The second-order valence-electron chi connectivity index (χ2n) is 3.11. The van der Waals surface area contributed by atoms with Crippen LogP contribution in [0.4, 0.5) is 10.1 Å². The first kappa shape index (κ1) is 10.8. The Morgan fingerprint density at radius 3 is 2.79 bits per heavy atom. The Kier molecular flexibility index (Phi) is 3.71. The number of halogens is 1. The van der Waals surface area contributed by atoms with E-state index in [0.29, 0.717) is 18.0 Å². The van der Waals surface area contributed by atoms with E-state index in [1.54, 1.807) is 13.0 Å². The molecule has 4 heteroatoms. The molecule has 0 aliphatic rings. The third-order valence-electron chi connectivity index (χ3n) is 1.71. The Morgan fingerprint density at radius 1 is 1.50 bits per heavy atom. The topological polar surface area (TPSA) is 41.5 Å². The SMILES string of the molecule is COc1cc(F)cc(NC[C@H](C)O)c1. The number of hydrogen-bond donors (Lipinski definition) is 2. The normalized spacial score (nSPS) is 12.3. The van der Waals surface area contributed by atoms with Gasteiger partial charge >= 0.3 is 0 Å². The number of anilines is 1. The van der Waals surface area contributed by atoms with Gasteiger partial charge in [-0.1, -0.05) is 0 Å². The van der Waals surface area contributed by atoms with Crippen LogP contribution in [0.2, 0.25) is 0 Å². The number of nitrogens with one attached hydrogen (secondary N) is 1. The van der Waals surface area contributed by atoms with Crippen molar-refractivity contribution < 1.29 is 14.2 Å². The number of aliphatic hydroxyl groups is 1. The highest BCUT2D eigenvalue weighted by Crippen LogP contribution is 2.19. The van der Waals surface area contributed by atoms with Gasteiger partial charge in [-0.05, 0) is 13.0 Å². The summed E-state index contributed by atoms with van der Waals surface area (Å²) in [7, 11) is 1.48. The fraction of sp³-hybridized carbons (Fsp3) is 0.400. The van der Waals surface area contributed by atoms with Gasteiger partial charge in [-0.15, -0.1) is 0 Å². The lowest BCUT2D eigenvalue weighted by Gasteiger charge is -2.09. The molecule has 0 saturated carbocycles. The van der Waals surface area contributed by atoms with Crippen LogP contribution in [-0.2, 0) is 0 Å². The Labute approximate surface area is 82.5 Å². The van der Waals surface area contributed by atoms with Crippen LogP contribution in [0.25, 0.3) is 0 Å². The summed E-state index contributed by atoms with van der Waals surface area (Å²) in [5.74, 6) is 0.0931. The molecule has 0 bridgehead atoms. The lowest BCUT2D eigenvalue weighted by atomic mass is 10.2. The molecule has 1 aromatic carbocycles. The minimum absolute atomic E-state index is 0.363. The number of aliphatic hydroxyl groups excluding tert-OH is 1. The number of benzene rings is 1. The molecule has 0 saturated heterocycles. The van der Waals surface area contributed by atoms with Gasteiger partial charge in [-0.3, -0.25) is 0 Å². The van der Waals surface area contributed by atoms with Gasteiger partial charge in [0.05, 0.1) is 13.2 Å². The van der Waals surface area contributed by atoms with E-state index in [4.69, 9.17) is 9.84 Å². The molecule has 1 atom stereocenters. The minimum atomic E-state index is -0.468. The standard InChI is InChI=1S/C10H14FNO2/c1-7(13)6-12-9-3-8(11)4-10(5-9)14-2/h3-5,7,12-13H,6H2,1-2H3/t7-/m0/s1. The maximum absolute atomic E-state index is 13.0. The zero-order valence-electron chi connectivity index (χ0n) is 8.25. The van der Waals surface area contributed by atoms with Crippen LogP contribution in [0.3, 0.4) is 0 Å². The van der Waals surface area contributed by atoms with Crippen LogP contribution >= 0.6 is 0 Å². The number of rotatable bonds is 4. The molecule has 0 aromatic heterocycles. The largest absolute Gasteiger partial charge is 0.497 e. The number of hydrogen-bond acceptors (Lipinski definition) is 3. The second-order valence-corrected chi connectivity index (χ2v) is 3.11. The molecule has 14 heavy (non-hydrogen) atoms. The molecule has 2 N–H and O–H groups in total. The highest BCUT2D eigenvalue weighted by molar-refractivity contribution is 5.48. The molecule has 0 radical (unpaired) electrons. The summed E-state index contributed by atoms with van der Waals surface area (Å²) in [5, 5.41) is 11.9. The van der Waals surface area contributed by atoms with Crippen LogP contribution in [0, 0.1) is 5.82 Å². The van der Waals surface area contributed by atoms with Gasteiger partial charge in [0.2, 0.25) is 0 Å². The molecular weight excluding hydrogens is 185 g/mol. The summed E-state index contributed by atoms with van der Waals surface area (Å²) in [4.78, 5) is 0. The smallest absolute Gasteiger partial charge is 0.128 e. The molecule has 0 unspecified atom stereocenters. The first-order valence-electron chi connectivity index (χ1n) is 4.38. The summed E-state index contributed by atoms with van der Waals surface area (Å²) >= 11 is 0. The van der Waals surface area contributed by atoms with Crippen molar-refractivity contribution in [3.8, 4) is 5.75 Å². The monoisotopic (exact) mass is 199 g/mol. The van der Waals surface area contributed by atoms with Gasteiger partial charge in [0.1, 0.15) is 11.6 Å². The van der Waals surface area contributed by atoms with Gasteiger partial charge in [0, 0.05) is 24.4 Å². The predicted molar refractivity (Wildman–Crippen MR) is 53.1 cm³/mol. The molecule has 0 aliphatic heterocycles. The van der Waals surface area contributed by atoms with Crippen molar-refractivity contribution in [2.45, 2.75) is 13.0 Å². The molecule has 0 fully saturated rings. The molecule has 0 heterocycles. The second kappa shape index (κ2) is 4.81. The first-order valence-corrected chi connectivity index (χ1v) is 4.38. The van der Waals surface area contributed by atoms with Crippen molar-refractivity contribution in [2.75, 3.05) is 19.0 Å². The van der Waals surface area contributed by atoms with Crippen LogP contribution in [-0.4, -0.2) is 24.9 Å². The summed E-state index contributed by atoms with van der Waals surface area (Å²) in [6.45, 7) is 2.04. The van der Waals surface area contributed by atoms with E-state index in [1.807, 2.05) is 0 Å². The Hall–Kier alpha value is -1.29. The van der Waals surface area contributed by atoms with Gasteiger partial charge in [-0.2, -0.15) is 0 Å². The van der Waals surface area contributed by atoms with Crippen LogP contribution in [0.1, 0.15) is 6.92 Å². The summed E-state index contributed by atoms with van der Waals surface area (Å²) in [6.07, 6.45) is -0.468. The highest BCUT2D eigenvalue weighted by Gasteiger charge is 2.01. The van der Waals surface area contributed by atoms with Crippen molar-refractivity contribution in [3.05, 3.63) is 24.0 Å². The van der Waals surface area contributed by atoms with Crippen LogP contribution in [0.5, 0.6) is 5.75 Å². The van der Waals surface area contributed by atoms with E-state index in [1.165, 1.54) is 19.2 Å². The van der Waals surface area contributed by atoms with E-state index in [-0.39, 0.29) is 5.82 Å². The zero-order valence-corrected chi connectivity index (χ0v) is 8.25. The van der Waals surface area contributed by atoms with E-state index < -0.39 is 6.10 Å². The molecule has 0 spiro atoms. The van der Waals surface area contributed by atoms with Crippen molar-refractivity contribution in [2.24, 2.45) is 0 Å². The molecule has 1 aromatic rings. The Morgan fingerprint density at radius 2 is 2.21 bits per heavy atom. The third-order valence-corrected chi connectivity index (χ3v) is 1.71. The summed E-state index contributed by atoms with van der Waals surface area (Å²) in [6, 6.07) is 4.32. The molecular formula is C10H14FNO2. The lowest BCUT2D eigenvalue weighted by Crippen LogP contribution is -2.15. The molecule has 0 amide bonds. The van der Waals surface area contributed by atoms with Gasteiger partial charge in [0.25, 0.3) is 0 Å². The molecule has 0 aliphatic carbocycles. The van der Waals surface area contributed by atoms with E-state index in [0.717, 1.165) is 0 Å². The third kappa shape index (κ3) is 3.22. The summed E-state index contributed by atoms with van der Waals surface area (Å²) < 4.78 is 17.9. The molecule has 1 rings (SSSR count). The van der Waals surface area contributed by atoms with Crippen molar-refractivity contribution in [1.82, 2.24) is 0 Å². The average Bonchev–Trinajstić information content (AvgIpc) is 2.14. The quantitative estimate of drug-likeness (QED) is 0.774. The van der Waals surface area contributed by atoms with Gasteiger partial charge in [0.15, 0.2) is 0 Å². The minimum Gasteiger partial charge on any atom is -0.497 e. The fourth-order valence-corrected chi connectivity index (χ4v) is 1.05. The van der Waals surface area contributed by atoms with Crippen LogP contribution < -0.4 is 10.1 Å². The van der Waals surface area contributed by atoms with E-state index >= 15 is 0 Å². The van der Waals surface area contributed by atoms with Crippen molar-refractivity contribution in [1.29, 1.82) is 0 Å². The highest BCUT2D eigenvalue weighted by atomic mass is 19.1. The maximum atomic E-state index is 13.0. The van der Waals surface area contributed by atoms with Gasteiger partial charge < -0.3 is 15.2 Å². The van der Waals surface area contributed by atoms with Crippen molar-refractivity contribution >= 4 is 5.69 Å². The zero-order chi connectivity index (χ0) is 10.6. The molecule has 78 valence electrons. The van der Waals surface area contributed by atoms with Crippen molar-refractivity contribution in [3.63, 3.8) is 0 Å². The van der Waals surface area contributed by atoms with E-state index in [9.17, 15) is 4.39 Å². The lowest BCUT2D eigenvalue weighted by molar-refractivity contribution is 0.208. The Balaban J connectivity index is 2.71. The maximum Gasteiger partial charge on any atom is 0.128 e. The predicted octanol–water partition coefficient (Wildman–Crippen LogP) is 1.63.